The molecule has 2 amide bonds. The number of amides is 2. The molecule has 0 spiro atoms. The van der Waals surface area contributed by atoms with Crippen LogP contribution in [0.1, 0.15) is 43.0 Å². The van der Waals surface area contributed by atoms with Crippen LogP contribution in [0.4, 0.5) is 0 Å². The number of carbonyl (C=O) groups is 2. The van der Waals surface area contributed by atoms with Gasteiger partial charge in [-0.05, 0) is 48.9 Å². The molecule has 4 heteroatoms. The van der Waals surface area contributed by atoms with Crippen molar-refractivity contribution in [1.29, 1.82) is 0 Å². The molecule has 2 aromatic rings. The molecular weight excluding hydrogens is 360 g/mol. The van der Waals surface area contributed by atoms with Gasteiger partial charge >= 0.3 is 0 Å². The predicted octanol–water partition coefficient (Wildman–Crippen LogP) is 4.56. The third kappa shape index (κ3) is 4.26. The average Bonchev–Trinajstić information content (AvgIpc) is 2.93. The first-order valence-electron chi connectivity index (χ1n) is 10.3. The highest BCUT2D eigenvalue weighted by Crippen LogP contribution is 2.33. The Morgan fingerprint density at radius 1 is 0.931 bits per heavy atom. The Hall–Kier alpha value is -2.88. The van der Waals surface area contributed by atoms with Crippen LogP contribution in [0.3, 0.4) is 0 Å². The summed E-state index contributed by atoms with van der Waals surface area (Å²) in [6.07, 6.45) is 0. The zero-order valence-corrected chi connectivity index (χ0v) is 18.0. The molecule has 0 saturated heterocycles. The van der Waals surface area contributed by atoms with E-state index in [1.807, 2.05) is 81.1 Å². The molecule has 3 rings (SSSR count). The first kappa shape index (κ1) is 20.8. The van der Waals surface area contributed by atoms with Crippen LogP contribution in [0.15, 0.2) is 54.2 Å². The molecule has 0 N–H and O–H groups in total. The Bertz CT molecular complexity index is 945. The van der Waals surface area contributed by atoms with Crippen molar-refractivity contribution in [2.24, 2.45) is 5.92 Å². The predicted molar refractivity (Wildman–Crippen MR) is 117 cm³/mol. The van der Waals surface area contributed by atoms with E-state index in [2.05, 4.69) is 6.92 Å². The van der Waals surface area contributed by atoms with Gasteiger partial charge in [0.1, 0.15) is 5.70 Å². The Labute approximate surface area is 173 Å². The lowest BCUT2D eigenvalue weighted by atomic mass is 9.99. The summed E-state index contributed by atoms with van der Waals surface area (Å²) >= 11 is 0. The molecule has 4 nitrogen and oxygen atoms in total. The summed E-state index contributed by atoms with van der Waals surface area (Å²) in [6, 6.07) is 16.1. The van der Waals surface area contributed by atoms with Crippen LogP contribution in [-0.2, 0) is 16.1 Å². The highest BCUT2D eigenvalue weighted by atomic mass is 16.2. The molecule has 0 bridgehead atoms. The summed E-state index contributed by atoms with van der Waals surface area (Å²) < 4.78 is 0. The Morgan fingerprint density at radius 3 is 2.21 bits per heavy atom. The minimum Gasteiger partial charge on any atom is -0.362 e. The van der Waals surface area contributed by atoms with Gasteiger partial charge < -0.3 is 4.90 Å². The third-order valence-electron chi connectivity index (χ3n) is 5.40. The number of imide groups is 1. The lowest BCUT2D eigenvalue weighted by Gasteiger charge is -2.25. The first-order valence-corrected chi connectivity index (χ1v) is 10.3. The summed E-state index contributed by atoms with van der Waals surface area (Å²) in [4.78, 5) is 30.2. The Balaban J connectivity index is 2.11. The van der Waals surface area contributed by atoms with Crippen LogP contribution in [0, 0.1) is 19.8 Å². The van der Waals surface area contributed by atoms with E-state index in [1.165, 1.54) is 10.5 Å². The fourth-order valence-corrected chi connectivity index (χ4v) is 3.70. The van der Waals surface area contributed by atoms with E-state index in [1.54, 1.807) is 0 Å². The van der Waals surface area contributed by atoms with Crippen LogP contribution < -0.4 is 0 Å². The number of aryl methyl sites for hydroxylation is 2. The number of rotatable bonds is 7. The SMILES string of the molecule is CCN(Cc1ccccc1)C1=C(c2ccc(C)c(C)c2)C(=O)N(CC(C)C)C1=O. The quantitative estimate of drug-likeness (QED) is 0.651. The average molecular weight is 391 g/mol. The summed E-state index contributed by atoms with van der Waals surface area (Å²) in [6.45, 7) is 11.8. The first-order chi connectivity index (χ1) is 13.8. The highest BCUT2D eigenvalue weighted by molar-refractivity contribution is 6.35. The number of benzene rings is 2. The second kappa shape index (κ2) is 8.64. The normalized spacial score (nSPS) is 14.3. The van der Waals surface area contributed by atoms with Gasteiger partial charge in [0.15, 0.2) is 0 Å². The lowest BCUT2D eigenvalue weighted by Crippen LogP contribution is -2.37. The molecule has 1 aliphatic heterocycles. The van der Waals surface area contributed by atoms with Gasteiger partial charge in [0, 0.05) is 19.6 Å². The Kier molecular flexibility index (Phi) is 6.21. The van der Waals surface area contributed by atoms with Gasteiger partial charge in [-0.3, -0.25) is 14.5 Å². The number of hydrogen-bond donors (Lipinski definition) is 0. The van der Waals surface area contributed by atoms with Gasteiger partial charge in [-0.15, -0.1) is 0 Å². The number of hydrogen-bond acceptors (Lipinski definition) is 3. The summed E-state index contributed by atoms with van der Waals surface area (Å²) in [7, 11) is 0. The third-order valence-corrected chi connectivity index (χ3v) is 5.40. The van der Waals surface area contributed by atoms with Gasteiger partial charge in [-0.2, -0.15) is 0 Å². The maximum Gasteiger partial charge on any atom is 0.277 e. The van der Waals surface area contributed by atoms with Crippen LogP contribution in [-0.4, -0.2) is 34.7 Å². The molecule has 2 aromatic carbocycles. The van der Waals surface area contributed by atoms with E-state index >= 15 is 0 Å². The van der Waals surface area contributed by atoms with Crippen LogP contribution in [0.5, 0.6) is 0 Å². The van der Waals surface area contributed by atoms with E-state index in [9.17, 15) is 9.59 Å². The number of likely N-dealkylation sites (N-methyl/N-ethyl adjacent to an activating group) is 1. The van der Waals surface area contributed by atoms with Crippen LogP contribution >= 0.6 is 0 Å². The van der Waals surface area contributed by atoms with Crippen molar-refractivity contribution in [3.8, 4) is 0 Å². The largest absolute Gasteiger partial charge is 0.362 e. The second-order valence-corrected chi connectivity index (χ2v) is 8.14. The molecule has 0 fully saturated rings. The molecule has 29 heavy (non-hydrogen) atoms. The van der Waals surface area contributed by atoms with Gasteiger partial charge in [-0.1, -0.05) is 62.4 Å². The van der Waals surface area contributed by atoms with Crippen molar-refractivity contribution in [1.82, 2.24) is 9.80 Å². The summed E-state index contributed by atoms with van der Waals surface area (Å²) in [5.41, 5.74) is 5.26. The van der Waals surface area contributed by atoms with Gasteiger partial charge in [0.05, 0.1) is 5.57 Å². The van der Waals surface area contributed by atoms with Gasteiger partial charge in [0.2, 0.25) is 0 Å². The maximum atomic E-state index is 13.4. The van der Waals surface area contributed by atoms with E-state index in [0.29, 0.717) is 30.9 Å². The van der Waals surface area contributed by atoms with Crippen molar-refractivity contribution >= 4 is 17.4 Å². The minimum absolute atomic E-state index is 0.185. The molecule has 0 saturated carbocycles. The second-order valence-electron chi connectivity index (χ2n) is 8.14. The molecule has 0 aromatic heterocycles. The summed E-state index contributed by atoms with van der Waals surface area (Å²) in [5, 5.41) is 0. The van der Waals surface area contributed by atoms with E-state index in [-0.39, 0.29) is 17.7 Å². The number of nitrogens with zero attached hydrogens (tertiary/aromatic N) is 2. The van der Waals surface area contributed by atoms with Gasteiger partial charge in [-0.25, -0.2) is 0 Å². The fraction of sp³-hybridized carbons (Fsp3) is 0.360. The van der Waals surface area contributed by atoms with Crippen LogP contribution in [0.25, 0.3) is 5.57 Å². The van der Waals surface area contributed by atoms with Crippen LogP contribution in [0.2, 0.25) is 0 Å². The molecule has 0 aliphatic carbocycles. The smallest absolute Gasteiger partial charge is 0.277 e. The zero-order valence-electron chi connectivity index (χ0n) is 18.0. The zero-order chi connectivity index (χ0) is 21.1. The molecule has 0 unspecified atom stereocenters. The van der Waals surface area contributed by atoms with E-state index < -0.39 is 0 Å². The standard InChI is InChI=1S/C25H30N2O2/c1-6-26(16-20-10-8-7-9-11-20)23-22(21-13-12-18(4)19(5)14-21)24(28)27(25(23)29)15-17(2)3/h7-14,17H,6,15-16H2,1-5H3. The van der Waals surface area contributed by atoms with Crippen molar-refractivity contribution in [2.75, 3.05) is 13.1 Å². The molecule has 1 heterocycles. The monoisotopic (exact) mass is 390 g/mol. The molecule has 0 radical (unpaired) electrons. The summed E-state index contributed by atoms with van der Waals surface area (Å²) in [5.74, 6) is -0.157. The van der Waals surface area contributed by atoms with E-state index in [0.717, 1.165) is 16.7 Å². The Morgan fingerprint density at radius 2 is 1.62 bits per heavy atom. The van der Waals surface area contributed by atoms with E-state index in [4.69, 9.17) is 0 Å². The van der Waals surface area contributed by atoms with Crippen molar-refractivity contribution in [3.63, 3.8) is 0 Å². The number of carbonyl (C=O) groups excluding carboxylic acids is 2. The van der Waals surface area contributed by atoms with Crippen molar-refractivity contribution < 1.29 is 9.59 Å². The molecule has 152 valence electrons. The topological polar surface area (TPSA) is 40.6 Å². The minimum atomic E-state index is -0.187. The van der Waals surface area contributed by atoms with Crippen molar-refractivity contribution in [3.05, 3.63) is 76.5 Å². The lowest BCUT2D eigenvalue weighted by molar-refractivity contribution is -0.138. The molecule has 1 aliphatic rings. The fourth-order valence-electron chi connectivity index (χ4n) is 3.70. The highest BCUT2D eigenvalue weighted by Gasteiger charge is 2.41. The van der Waals surface area contributed by atoms with Gasteiger partial charge in [0.25, 0.3) is 11.8 Å². The molecule has 0 atom stereocenters. The maximum absolute atomic E-state index is 13.4. The van der Waals surface area contributed by atoms with Crippen molar-refractivity contribution in [2.45, 2.75) is 41.2 Å². The molecular formula is C25H30N2O2.